The van der Waals surface area contributed by atoms with Gasteiger partial charge in [-0.15, -0.1) is 0 Å². The van der Waals surface area contributed by atoms with Crippen LogP contribution in [-0.4, -0.2) is 34.1 Å². The van der Waals surface area contributed by atoms with E-state index >= 15 is 0 Å². The fourth-order valence-corrected chi connectivity index (χ4v) is 0.555. The topological polar surface area (TPSA) is 60.7 Å². The van der Waals surface area contributed by atoms with Crippen LogP contribution in [0.25, 0.3) is 0 Å². The van der Waals surface area contributed by atoms with Gasteiger partial charge in [0.05, 0.1) is 18.8 Å². The SMILES string of the molecule is CC[C@@H](O)C[C@@H](O)CO. The summed E-state index contributed by atoms with van der Waals surface area (Å²) < 4.78 is 0. The van der Waals surface area contributed by atoms with E-state index in [1.54, 1.807) is 0 Å². The summed E-state index contributed by atoms with van der Waals surface area (Å²) in [6, 6.07) is 0. The van der Waals surface area contributed by atoms with Gasteiger partial charge in [0.1, 0.15) is 0 Å². The molecule has 0 aliphatic heterocycles. The molecule has 0 fully saturated rings. The summed E-state index contributed by atoms with van der Waals surface area (Å²) in [5.41, 5.74) is 0. The van der Waals surface area contributed by atoms with Gasteiger partial charge in [0.25, 0.3) is 0 Å². The van der Waals surface area contributed by atoms with Crippen LogP contribution in [0.2, 0.25) is 0 Å². The molecule has 2 atom stereocenters. The summed E-state index contributed by atoms with van der Waals surface area (Å²) in [7, 11) is 0. The smallest absolute Gasteiger partial charge is 0.0795 e. The molecular formula is C6H14O3. The molecule has 0 aromatic heterocycles. The zero-order valence-electron chi connectivity index (χ0n) is 5.62. The lowest BCUT2D eigenvalue weighted by Gasteiger charge is -2.10. The number of aliphatic hydroxyl groups is 3. The molecule has 0 unspecified atom stereocenters. The van der Waals surface area contributed by atoms with E-state index in [0.29, 0.717) is 6.42 Å². The van der Waals surface area contributed by atoms with Crippen molar-refractivity contribution >= 4 is 0 Å². The van der Waals surface area contributed by atoms with E-state index in [1.807, 2.05) is 6.92 Å². The lowest BCUT2D eigenvalue weighted by Crippen LogP contribution is -2.19. The van der Waals surface area contributed by atoms with Gasteiger partial charge in [0, 0.05) is 6.42 Å². The second kappa shape index (κ2) is 4.73. The molecule has 0 aliphatic carbocycles. The molecule has 0 saturated carbocycles. The van der Waals surface area contributed by atoms with Gasteiger partial charge in [-0.25, -0.2) is 0 Å². The molecule has 0 spiro atoms. The third-order valence-corrected chi connectivity index (χ3v) is 1.23. The van der Waals surface area contributed by atoms with Gasteiger partial charge in [-0.2, -0.15) is 0 Å². The molecule has 3 nitrogen and oxygen atoms in total. The molecule has 0 aromatic rings. The van der Waals surface area contributed by atoms with Crippen molar-refractivity contribution in [3.63, 3.8) is 0 Å². The molecule has 56 valence electrons. The second-order valence-corrected chi connectivity index (χ2v) is 2.13. The molecular weight excluding hydrogens is 120 g/mol. The van der Waals surface area contributed by atoms with Crippen molar-refractivity contribution in [2.45, 2.75) is 32.0 Å². The first-order valence-electron chi connectivity index (χ1n) is 3.17. The minimum Gasteiger partial charge on any atom is -0.394 e. The minimum atomic E-state index is -0.764. The van der Waals surface area contributed by atoms with Crippen LogP contribution in [0.4, 0.5) is 0 Å². The van der Waals surface area contributed by atoms with E-state index in [0.717, 1.165) is 0 Å². The molecule has 9 heavy (non-hydrogen) atoms. The molecule has 0 bridgehead atoms. The summed E-state index contributed by atoms with van der Waals surface area (Å²) >= 11 is 0. The lowest BCUT2D eigenvalue weighted by atomic mass is 10.1. The third-order valence-electron chi connectivity index (χ3n) is 1.23. The van der Waals surface area contributed by atoms with Gasteiger partial charge in [0.2, 0.25) is 0 Å². The fourth-order valence-electron chi connectivity index (χ4n) is 0.555. The summed E-state index contributed by atoms with van der Waals surface area (Å²) in [5, 5.41) is 26.0. The lowest BCUT2D eigenvalue weighted by molar-refractivity contribution is 0.0406. The number of hydrogen-bond acceptors (Lipinski definition) is 3. The highest BCUT2D eigenvalue weighted by Gasteiger charge is 2.07. The highest BCUT2D eigenvalue weighted by molar-refractivity contribution is 4.59. The van der Waals surface area contributed by atoms with E-state index in [2.05, 4.69) is 0 Å². The van der Waals surface area contributed by atoms with E-state index in [-0.39, 0.29) is 13.0 Å². The predicted molar refractivity (Wildman–Crippen MR) is 34.0 cm³/mol. The van der Waals surface area contributed by atoms with Crippen molar-refractivity contribution in [1.82, 2.24) is 0 Å². The van der Waals surface area contributed by atoms with E-state index < -0.39 is 12.2 Å². The van der Waals surface area contributed by atoms with Gasteiger partial charge >= 0.3 is 0 Å². The number of aliphatic hydroxyl groups excluding tert-OH is 3. The second-order valence-electron chi connectivity index (χ2n) is 2.13. The van der Waals surface area contributed by atoms with Gasteiger partial charge in [-0.3, -0.25) is 0 Å². The van der Waals surface area contributed by atoms with Crippen LogP contribution in [0, 0.1) is 0 Å². The monoisotopic (exact) mass is 134 g/mol. The van der Waals surface area contributed by atoms with Gasteiger partial charge in [-0.1, -0.05) is 6.92 Å². The standard InChI is InChI=1S/C6H14O3/c1-2-5(8)3-6(9)4-7/h5-9H,2-4H2,1H3/t5-,6-/m1/s1. The molecule has 0 heterocycles. The van der Waals surface area contributed by atoms with Crippen molar-refractivity contribution in [2.75, 3.05) is 6.61 Å². The average Bonchev–Trinajstić information content (AvgIpc) is 1.87. The molecule has 0 saturated heterocycles. The third kappa shape index (κ3) is 4.39. The largest absolute Gasteiger partial charge is 0.394 e. The molecule has 0 aliphatic rings. The van der Waals surface area contributed by atoms with Gasteiger partial charge in [-0.05, 0) is 6.42 Å². The zero-order valence-corrected chi connectivity index (χ0v) is 5.62. The summed E-state index contributed by atoms with van der Waals surface area (Å²) in [6.45, 7) is 1.56. The van der Waals surface area contributed by atoms with Crippen LogP contribution < -0.4 is 0 Å². The molecule has 3 N–H and O–H groups in total. The maximum Gasteiger partial charge on any atom is 0.0795 e. The Morgan fingerprint density at radius 1 is 1.22 bits per heavy atom. The van der Waals surface area contributed by atoms with Crippen molar-refractivity contribution in [2.24, 2.45) is 0 Å². The van der Waals surface area contributed by atoms with Crippen molar-refractivity contribution in [3.05, 3.63) is 0 Å². The highest BCUT2D eigenvalue weighted by Crippen LogP contribution is 2.00. The number of hydrogen-bond donors (Lipinski definition) is 3. The first-order valence-corrected chi connectivity index (χ1v) is 3.17. The Balaban J connectivity index is 3.22. The normalized spacial score (nSPS) is 17.3. The molecule has 0 aromatic carbocycles. The Labute approximate surface area is 54.9 Å². The number of rotatable bonds is 4. The first-order chi connectivity index (χ1) is 4.20. The fraction of sp³-hybridized carbons (Fsp3) is 1.00. The molecule has 3 heteroatoms. The highest BCUT2D eigenvalue weighted by atomic mass is 16.3. The van der Waals surface area contributed by atoms with Crippen LogP contribution in [0.3, 0.4) is 0 Å². The zero-order chi connectivity index (χ0) is 7.28. The van der Waals surface area contributed by atoms with Gasteiger partial charge in [0.15, 0.2) is 0 Å². The van der Waals surface area contributed by atoms with Crippen LogP contribution in [0.1, 0.15) is 19.8 Å². The Hall–Kier alpha value is -0.120. The molecule has 0 amide bonds. The first kappa shape index (κ1) is 8.88. The van der Waals surface area contributed by atoms with Crippen LogP contribution >= 0.6 is 0 Å². The van der Waals surface area contributed by atoms with Gasteiger partial charge < -0.3 is 15.3 Å². The van der Waals surface area contributed by atoms with Crippen LogP contribution in [-0.2, 0) is 0 Å². The maximum atomic E-state index is 8.89. The van der Waals surface area contributed by atoms with Crippen molar-refractivity contribution in [1.29, 1.82) is 0 Å². The summed E-state index contributed by atoms with van der Waals surface area (Å²) in [5.74, 6) is 0. The Bertz CT molecular complexity index is 57.3. The molecule has 0 radical (unpaired) electrons. The minimum absolute atomic E-state index is 0.267. The maximum absolute atomic E-state index is 8.89. The Morgan fingerprint density at radius 3 is 2.11 bits per heavy atom. The molecule has 0 rings (SSSR count). The Morgan fingerprint density at radius 2 is 1.78 bits per heavy atom. The quantitative estimate of drug-likeness (QED) is 0.486. The predicted octanol–water partition coefficient (Wildman–Crippen LogP) is -0.499. The average molecular weight is 134 g/mol. The van der Waals surface area contributed by atoms with Crippen LogP contribution in [0.15, 0.2) is 0 Å². The van der Waals surface area contributed by atoms with E-state index in [9.17, 15) is 0 Å². The van der Waals surface area contributed by atoms with Crippen molar-refractivity contribution < 1.29 is 15.3 Å². The summed E-state index contributed by atoms with van der Waals surface area (Å²) in [6.07, 6.45) is -0.351. The van der Waals surface area contributed by atoms with Crippen molar-refractivity contribution in [3.8, 4) is 0 Å². The Kier molecular flexibility index (Phi) is 4.67. The summed E-state index contributed by atoms with van der Waals surface area (Å²) in [4.78, 5) is 0. The van der Waals surface area contributed by atoms with E-state index in [4.69, 9.17) is 15.3 Å². The van der Waals surface area contributed by atoms with Crippen LogP contribution in [0.5, 0.6) is 0 Å². The van der Waals surface area contributed by atoms with E-state index in [1.165, 1.54) is 0 Å².